The van der Waals surface area contributed by atoms with Crippen molar-refractivity contribution >= 4 is 17.6 Å². The Kier molecular flexibility index (Phi) is 5.53. The topological polar surface area (TPSA) is 79.3 Å². The van der Waals surface area contributed by atoms with Gasteiger partial charge in [0.05, 0.1) is 6.04 Å². The van der Waals surface area contributed by atoms with Crippen molar-refractivity contribution in [1.29, 1.82) is 0 Å². The molecule has 3 saturated heterocycles. The summed E-state index contributed by atoms with van der Waals surface area (Å²) in [6.45, 7) is 6.02. The average Bonchev–Trinajstić information content (AvgIpc) is 3.32. The van der Waals surface area contributed by atoms with Gasteiger partial charge in [-0.1, -0.05) is 12.1 Å². The van der Waals surface area contributed by atoms with E-state index in [4.69, 9.17) is 9.47 Å². The van der Waals surface area contributed by atoms with Crippen LogP contribution in [0.5, 0.6) is 0 Å². The molecule has 3 heterocycles. The highest BCUT2D eigenvalue weighted by Crippen LogP contribution is 2.37. The fourth-order valence-corrected chi connectivity index (χ4v) is 4.74. The second-order valence-corrected chi connectivity index (χ2v) is 8.65. The van der Waals surface area contributed by atoms with Crippen molar-refractivity contribution in [2.24, 2.45) is 0 Å². The predicted octanol–water partition coefficient (Wildman–Crippen LogP) is 2.95. The number of benzene rings is 1. The molecule has 0 unspecified atom stereocenters. The molecule has 1 aromatic carbocycles. The highest BCUT2D eigenvalue weighted by atomic mass is 16.8. The molecule has 3 aliphatic heterocycles. The number of anilines is 1. The monoisotopic (exact) mass is 402 g/mol. The van der Waals surface area contributed by atoms with Crippen molar-refractivity contribution in [1.82, 2.24) is 4.90 Å². The van der Waals surface area contributed by atoms with Crippen molar-refractivity contribution in [3.8, 4) is 0 Å². The number of amides is 1. The Morgan fingerprint density at radius 3 is 2.48 bits per heavy atom. The molecule has 1 aromatic rings. The minimum atomic E-state index is -1.28. The van der Waals surface area contributed by atoms with E-state index in [0.29, 0.717) is 6.54 Å². The van der Waals surface area contributed by atoms with E-state index >= 15 is 0 Å². The first kappa shape index (κ1) is 20.2. The van der Waals surface area contributed by atoms with Gasteiger partial charge in [0.25, 0.3) is 5.91 Å². The van der Waals surface area contributed by atoms with Crippen LogP contribution in [-0.2, 0) is 19.1 Å². The first-order valence-electron chi connectivity index (χ1n) is 10.6. The number of carboxylic acids is 1. The molecule has 3 atom stereocenters. The third kappa shape index (κ3) is 4.12. The number of ether oxygens (including phenoxy) is 2. The zero-order chi connectivity index (χ0) is 20.6. The van der Waals surface area contributed by atoms with E-state index in [9.17, 15) is 14.7 Å². The molecule has 158 valence electrons. The maximum Gasteiger partial charge on any atom is 0.336 e. The number of hydrogen-bond acceptors (Lipinski definition) is 5. The summed E-state index contributed by atoms with van der Waals surface area (Å²) in [7, 11) is 0. The van der Waals surface area contributed by atoms with Gasteiger partial charge in [-0.15, -0.1) is 0 Å². The first-order valence-corrected chi connectivity index (χ1v) is 10.6. The Hall–Kier alpha value is -2.12. The molecule has 3 aliphatic rings. The predicted molar refractivity (Wildman–Crippen MR) is 108 cm³/mol. The van der Waals surface area contributed by atoms with Crippen LogP contribution < -0.4 is 4.90 Å². The van der Waals surface area contributed by atoms with Crippen molar-refractivity contribution in [3.63, 3.8) is 0 Å². The first-order chi connectivity index (χ1) is 13.9. The van der Waals surface area contributed by atoms with Crippen LogP contribution in [0, 0.1) is 0 Å². The van der Waals surface area contributed by atoms with Crippen LogP contribution in [0.3, 0.4) is 0 Å². The summed E-state index contributed by atoms with van der Waals surface area (Å²) in [6.07, 6.45) is 3.06. The highest BCUT2D eigenvalue weighted by Gasteiger charge is 2.51. The lowest BCUT2D eigenvalue weighted by atomic mass is 10.0. The summed E-state index contributed by atoms with van der Waals surface area (Å²) >= 11 is 0. The molecule has 0 saturated carbocycles. The third-order valence-corrected chi connectivity index (χ3v) is 6.10. The van der Waals surface area contributed by atoms with Gasteiger partial charge in [-0.2, -0.15) is 0 Å². The van der Waals surface area contributed by atoms with Gasteiger partial charge >= 0.3 is 5.97 Å². The number of carbonyl (C=O) groups is 2. The van der Waals surface area contributed by atoms with Gasteiger partial charge in [0.15, 0.2) is 18.0 Å². The van der Waals surface area contributed by atoms with Crippen molar-refractivity contribution < 1.29 is 24.2 Å². The van der Waals surface area contributed by atoms with Crippen molar-refractivity contribution in [2.45, 2.75) is 70.0 Å². The number of rotatable bonds is 4. The number of piperidine rings is 1. The summed E-state index contributed by atoms with van der Waals surface area (Å²) in [6, 6.07) is 8.38. The summed E-state index contributed by atoms with van der Waals surface area (Å²) in [5.41, 5.74) is 2.30. The van der Waals surface area contributed by atoms with Gasteiger partial charge in [-0.05, 0) is 63.6 Å². The second-order valence-electron chi connectivity index (χ2n) is 8.65. The van der Waals surface area contributed by atoms with E-state index in [1.807, 2.05) is 0 Å². The number of hydrogen-bond donors (Lipinski definition) is 1. The molecule has 29 heavy (non-hydrogen) atoms. The third-order valence-electron chi connectivity index (χ3n) is 6.10. The average molecular weight is 402 g/mol. The molecule has 1 N–H and O–H groups in total. The van der Waals surface area contributed by atoms with Crippen LogP contribution in [0.1, 0.15) is 57.6 Å². The zero-order valence-corrected chi connectivity index (χ0v) is 17.2. The molecular weight excluding hydrogens is 372 g/mol. The Balaban J connectivity index is 1.55. The van der Waals surface area contributed by atoms with E-state index in [0.717, 1.165) is 31.5 Å². The van der Waals surface area contributed by atoms with E-state index in [2.05, 4.69) is 29.2 Å². The van der Waals surface area contributed by atoms with Gasteiger partial charge in [0.1, 0.15) is 0 Å². The van der Waals surface area contributed by atoms with Crippen LogP contribution in [-0.4, -0.2) is 59.5 Å². The standard InChI is InChI=1S/C22H30N2O5/c1-22(2)28-18(19(29-22)21(26)27)20(25)24-13-7-10-17(24)15-8-6-9-16(14-15)23-11-4-3-5-12-23/h6,8-9,14,17-19H,3-5,7,10-13H2,1-2H3,(H,26,27)/t17-,18-,19-/m1/s1. The van der Waals surface area contributed by atoms with Gasteiger partial charge in [0.2, 0.25) is 0 Å². The molecule has 0 bridgehead atoms. The summed E-state index contributed by atoms with van der Waals surface area (Å²) < 4.78 is 11.2. The lowest BCUT2D eigenvalue weighted by molar-refractivity contribution is -0.167. The molecule has 7 heteroatoms. The number of nitrogens with zero attached hydrogens (tertiary/aromatic N) is 2. The van der Waals surface area contributed by atoms with Crippen LogP contribution in [0.25, 0.3) is 0 Å². The molecule has 0 radical (unpaired) electrons. The lowest BCUT2D eigenvalue weighted by Crippen LogP contribution is -2.46. The Labute approximate surface area is 171 Å². The van der Waals surface area contributed by atoms with Crippen LogP contribution in [0.2, 0.25) is 0 Å². The van der Waals surface area contributed by atoms with Gasteiger partial charge in [-0.25, -0.2) is 4.79 Å². The fourth-order valence-electron chi connectivity index (χ4n) is 4.74. The molecule has 1 amide bonds. The SMILES string of the molecule is CC1(C)O[C@@H](C(=O)O)[C@H](C(=O)N2CCC[C@@H]2c2cccc(N3CCCCC3)c2)O1. The molecule has 0 spiro atoms. The van der Waals surface area contributed by atoms with E-state index in [1.54, 1.807) is 18.7 Å². The number of likely N-dealkylation sites (tertiary alicyclic amines) is 1. The lowest BCUT2D eigenvalue weighted by Gasteiger charge is -2.31. The fraction of sp³-hybridized carbons (Fsp3) is 0.636. The van der Waals surface area contributed by atoms with Crippen molar-refractivity contribution in [3.05, 3.63) is 29.8 Å². The van der Waals surface area contributed by atoms with E-state index in [1.165, 1.54) is 24.9 Å². The van der Waals surface area contributed by atoms with Crippen LogP contribution in [0.4, 0.5) is 5.69 Å². The number of aliphatic carboxylic acids is 1. The minimum Gasteiger partial charge on any atom is -0.479 e. The summed E-state index contributed by atoms with van der Waals surface area (Å²) in [4.78, 5) is 29.1. The molecule has 3 fully saturated rings. The van der Waals surface area contributed by atoms with Crippen LogP contribution in [0.15, 0.2) is 24.3 Å². The van der Waals surface area contributed by atoms with E-state index in [-0.39, 0.29) is 11.9 Å². The van der Waals surface area contributed by atoms with E-state index < -0.39 is 24.0 Å². The van der Waals surface area contributed by atoms with Crippen molar-refractivity contribution in [2.75, 3.05) is 24.5 Å². The number of carbonyl (C=O) groups excluding carboxylic acids is 1. The largest absolute Gasteiger partial charge is 0.479 e. The highest BCUT2D eigenvalue weighted by molar-refractivity contribution is 5.89. The molecule has 0 aromatic heterocycles. The Morgan fingerprint density at radius 2 is 1.76 bits per heavy atom. The Bertz CT molecular complexity index is 774. The second kappa shape index (κ2) is 7.95. The quantitative estimate of drug-likeness (QED) is 0.834. The van der Waals surface area contributed by atoms with Gasteiger partial charge < -0.3 is 24.4 Å². The molecule has 7 nitrogen and oxygen atoms in total. The van der Waals surface area contributed by atoms with Crippen LogP contribution >= 0.6 is 0 Å². The Morgan fingerprint density at radius 1 is 1.03 bits per heavy atom. The number of carboxylic acid groups (broad SMARTS) is 1. The summed E-state index contributed by atoms with van der Waals surface area (Å²) in [5.74, 6) is -2.56. The zero-order valence-electron chi connectivity index (χ0n) is 17.2. The van der Waals surface area contributed by atoms with Gasteiger partial charge in [0, 0.05) is 25.3 Å². The molecule has 0 aliphatic carbocycles. The summed E-state index contributed by atoms with van der Waals surface area (Å²) in [5, 5.41) is 9.49. The smallest absolute Gasteiger partial charge is 0.336 e. The maximum absolute atomic E-state index is 13.3. The normalized spacial score (nSPS) is 29.2. The van der Waals surface area contributed by atoms with Gasteiger partial charge in [-0.3, -0.25) is 4.79 Å². The maximum atomic E-state index is 13.3. The minimum absolute atomic E-state index is 0.0611. The molecule has 4 rings (SSSR count). The molecular formula is C22H30N2O5.